The minimum Gasteiger partial charge on any atom is -0.805 e. The maximum Gasteiger partial charge on any atom is 0.438 e. The quantitative estimate of drug-likeness (QED) is 0.388. The van der Waals surface area contributed by atoms with Gasteiger partial charge in [-0.3, -0.25) is 4.79 Å². The van der Waals surface area contributed by atoms with Crippen molar-refractivity contribution in [1.82, 2.24) is 4.73 Å². The lowest BCUT2D eigenvalue weighted by molar-refractivity contribution is -0.470. The smallest absolute Gasteiger partial charge is 0.438 e. The second kappa shape index (κ2) is 6.80. The fourth-order valence-corrected chi connectivity index (χ4v) is 2.71. The molecule has 3 rings (SSSR count). The molecule has 3 aromatic rings. The van der Waals surface area contributed by atoms with Crippen molar-refractivity contribution in [1.29, 1.82) is 0 Å². The zero-order chi connectivity index (χ0) is 20.6. The number of hydrogen-bond donors (Lipinski definition) is 0. The van der Waals surface area contributed by atoms with Crippen molar-refractivity contribution >= 4 is 22.8 Å². The third-order valence-electron chi connectivity index (χ3n) is 3.98. The summed E-state index contributed by atoms with van der Waals surface area (Å²) in [5, 5.41) is 12.4. The molecule has 0 saturated carbocycles. The Morgan fingerprint density at radius 1 is 1.07 bits per heavy atom. The molecule has 0 amide bonds. The van der Waals surface area contributed by atoms with Crippen LogP contribution in [0.4, 0.5) is 13.2 Å². The number of ether oxygens (including phenoxy) is 1. The molecule has 0 atom stereocenters. The Bertz CT molecular complexity index is 1150. The van der Waals surface area contributed by atoms with Crippen LogP contribution in [0.1, 0.15) is 32.1 Å². The predicted octanol–water partition coefficient (Wildman–Crippen LogP) is 2.94. The van der Waals surface area contributed by atoms with Gasteiger partial charge in [0.05, 0.1) is 17.1 Å². The molecule has 0 spiro atoms. The summed E-state index contributed by atoms with van der Waals surface area (Å²) in [6, 6.07) is 9.58. The molecule has 2 aromatic carbocycles. The first-order valence-corrected chi connectivity index (χ1v) is 7.75. The summed E-state index contributed by atoms with van der Waals surface area (Å²) < 4.78 is 44.4. The summed E-state index contributed by atoms with van der Waals surface area (Å²) in [5.74, 6) is -2.15. The van der Waals surface area contributed by atoms with Crippen LogP contribution in [0.2, 0.25) is 0 Å². The van der Waals surface area contributed by atoms with Crippen LogP contribution >= 0.6 is 0 Å². The van der Waals surface area contributed by atoms with Crippen molar-refractivity contribution in [3.8, 4) is 0 Å². The van der Waals surface area contributed by atoms with E-state index in [1.54, 1.807) is 0 Å². The number of ketones is 1. The number of carbonyl (C=O) groups excluding carboxylic acids is 2. The van der Waals surface area contributed by atoms with E-state index in [2.05, 4.69) is 4.74 Å². The largest absolute Gasteiger partial charge is 0.805 e. The van der Waals surface area contributed by atoms with Crippen molar-refractivity contribution in [2.24, 2.45) is 0 Å². The first-order valence-electron chi connectivity index (χ1n) is 7.75. The monoisotopic (exact) mass is 392 g/mol. The highest BCUT2D eigenvalue weighted by Gasteiger charge is 2.45. The van der Waals surface area contributed by atoms with Gasteiger partial charge in [-0.05, 0) is 12.1 Å². The molecule has 0 unspecified atom stereocenters. The van der Waals surface area contributed by atoms with Crippen LogP contribution < -0.4 is 4.43 Å². The Balaban J connectivity index is 2.43. The standard InChI is InChI=1S/C18H11F3N2O5/c1-28-17(25)11-7-8-12-13(9-11)22(26)14(16(23(12)27)18(19,20)21)15(24)10-5-3-2-4-6-10/h2-9H,1H3. The van der Waals surface area contributed by atoms with Gasteiger partial charge in [0.1, 0.15) is 5.52 Å². The zero-order valence-electron chi connectivity index (χ0n) is 14.2. The lowest BCUT2D eigenvalue weighted by atomic mass is 10.1. The molecule has 0 bridgehead atoms. The highest BCUT2D eigenvalue weighted by molar-refractivity contribution is 6.08. The number of carbonyl (C=O) groups is 2. The summed E-state index contributed by atoms with van der Waals surface area (Å²) in [6.07, 6.45) is -5.27. The van der Waals surface area contributed by atoms with E-state index >= 15 is 0 Å². The van der Waals surface area contributed by atoms with Gasteiger partial charge in [-0.1, -0.05) is 30.3 Å². The fourth-order valence-electron chi connectivity index (χ4n) is 2.71. The summed E-state index contributed by atoms with van der Waals surface area (Å²) in [6.45, 7) is 0. The average molecular weight is 392 g/mol. The third kappa shape index (κ3) is 3.08. The van der Waals surface area contributed by atoms with E-state index in [-0.39, 0.29) is 15.6 Å². The Labute approximate surface area is 154 Å². The van der Waals surface area contributed by atoms with Crippen LogP contribution in [-0.2, 0) is 10.9 Å². The Hall–Kier alpha value is -3.69. The maximum atomic E-state index is 13.6. The lowest BCUT2D eigenvalue weighted by Gasteiger charge is -2.20. The van der Waals surface area contributed by atoms with Gasteiger partial charge in [-0.25, -0.2) is 4.79 Å². The van der Waals surface area contributed by atoms with Gasteiger partial charge in [0, 0.05) is 16.5 Å². The number of nitrogens with zero attached hydrogens (tertiary/aromatic N) is 2. The molecule has 0 fully saturated rings. The minimum atomic E-state index is -5.27. The number of benzene rings is 2. The number of fused-ring (bicyclic) bond motifs is 1. The highest BCUT2D eigenvalue weighted by Crippen LogP contribution is 2.33. The number of halogens is 3. The summed E-state index contributed by atoms with van der Waals surface area (Å²) in [7, 11) is 1.07. The zero-order valence-corrected chi connectivity index (χ0v) is 14.2. The van der Waals surface area contributed by atoms with Crippen LogP contribution in [0, 0.1) is 10.1 Å². The molecule has 7 nitrogen and oxygen atoms in total. The molecule has 0 radical (unpaired) electrons. The molecule has 0 saturated heterocycles. The van der Waals surface area contributed by atoms with E-state index < -0.39 is 45.1 Å². The first-order chi connectivity index (χ1) is 13.2. The van der Waals surface area contributed by atoms with E-state index in [1.807, 2.05) is 0 Å². The van der Waals surface area contributed by atoms with Gasteiger partial charge in [-0.15, -0.1) is 0 Å². The van der Waals surface area contributed by atoms with Crippen molar-refractivity contribution in [3.63, 3.8) is 0 Å². The van der Waals surface area contributed by atoms with E-state index in [0.717, 1.165) is 25.3 Å². The Morgan fingerprint density at radius 2 is 1.71 bits per heavy atom. The number of hydrogen-bond acceptors (Lipinski definition) is 5. The van der Waals surface area contributed by atoms with Crippen molar-refractivity contribution in [2.45, 2.75) is 6.18 Å². The number of methoxy groups -OCH3 is 1. The van der Waals surface area contributed by atoms with Gasteiger partial charge in [0.25, 0.3) is 11.3 Å². The number of rotatable bonds is 3. The molecule has 1 aromatic heterocycles. The predicted molar refractivity (Wildman–Crippen MR) is 90.3 cm³/mol. The van der Waals surface area contributed by atoms with Crippen molar-refractivity contribution < 1.29 is 31.9 Å². The molecule has 1 heterocycles. The van der Waals surface area contributed by atoms with Gasteiger partial charge in [-0.2, -0.15) is 13.2 Å². The van der Waals surface area contributed by atoms with E-state index in [1.165, 1.54) is 30.3 Å². The minimum absolute atomic E-state index is 0.169. The summed E-state index contributed by atoms with van der Waals surface area (Å²) in [4.78, 5) is 37.0. The normalized spacial score (nSPS) is 11.4. The average Bonchev–Trinajstić information content (AvgIpc) is 2.68. The van der Waals surface area contributed by atoms with Gasteiger partial charge in [0.2, 0.25) is 5.69 Å². The molecular formula is C18H11F3N2O5. The van der Waals surface area contributed by atoms with Gasteiger partial charge in [0.15, 0.2) is 0 Å². The molecule has 0 N–H and O–H groups in total. The maximum absolute atomic E-state index is 13.6. The third-order valence-corrected chi connectivity index (χ3v) is 3.98. The van der Waals surface area contributed by atoms with Crippen LogP contribution in [0.5, 0.6) is 0 Å². The second-order valence-electron chi connectivity index (χ2n) is 5.67. The molecule has 10 heteroatoms. The van der Waals surface area contributed by atoms with E-state index in [4.69, 9.17) is 0 Å². The molecular weight excluding hydrogens is 381 g/mol. The number of aromatic nitrogens is 2. The number of alkyl halides is 3. The topological polar surface area (TPSA) is 94.3 Å². The van der Waals surface area contributed by atoms with Crippen LogP contribution in [0.25, 0.3) is 11.0 Å². The molecule has 0 aliphatic heterocycles. The first kappa shape index (κ1) is 19.1. The van der Waals surface area contributed by atoms with E-state index in [9.17, 15) is 32.9 Å². The SMILES string of the molecule is COC(=O)c1ccc2c(c1)[n+](=O)c(C(=O)c1ccccc1)c(C(F)(F)F)n2[O-]. The fraction of sp³-hybridized carbons (Fsp3) is 0.111. The molecule has 0 aliphatic carbocycles. The van der Waals surface area contributed by atoms with Gasteiger partial charge >= 0.3 is 17.8 Å². The van der Waals surface area contributed by atoms with Crippen molar-refractivity contribution in [2.75, 3.05) is 7.11 Å². The number of esters is 1. The summed E-state index contributed by atoms with van der Waals surface area (Å²) in [5.41, 5.74) is -4.93. The Morgan fingerprint density at radius 3 is 2.29 bits per heavy atom. The van der Waals surface area contributed by atoms with Crippen LogP contribution in [-0.4, -0.2) is 23.6 Å². The molecule has 28 heavy (non-hydrogen) atoms. The molecule has 144 valence electrons. The Kier molecular flexibility index (Phi) is 4.63. The van der Waals surface area contributed by atoms with Crippen molar-refractivity contribution in [3.05, 3.63) is 81.2 Å². The van der Waals surface area contributed by atoms with Gasteiger partial charge < -0.3 is 14.7 Å². The van der Waals surface area contributed by atoms with E-state index in [0.29, 0.717) is 0 Å². The van der Waals surface area contributed by atoms with Crippen LogP contribution in [0.3, 0.4) is 0 Å². The lowest BCUT2D eigenvalue weighted by Crippen LogP contribution is -2.35. The second-order valence-corrected chi connectivity index (χ2v) is 5.67. The summed E-state index contributed by atoms with van der Waals surface area (Å²) >= 11 is 0. The van der Waals surface area contributed by atoms with Crippen LogP contribution in [0.15, 0.2) is 48.5 Å². The molecule has 0 aliphatic rings. The highest BCUT2D eigenvalue weighted by atomic mass is 19.4.